The zero-order valence-corrected chi connectivity index (χ0v) is 12.3. The smallest absolute Gasteiger partial charge is 0.236 e. The fourth-order valence-corrected chi connectivity index (χ4v) is 3.02. The Balaban J connectivity index is 1.76. The Morgan fingerprint density at radius 3 is 2.57 bits per heavy atom. The summed E-state index contributed by atoms with van der Waals surface area (Å²) in [4.78, 5) is 13.7. The Labute approximate surface area is 131 Å². The van der Waals surface area contributed by atoms with Gasteiger partial charge < -0.3 is 4.57 Å². The fourth-order valence-electron chi connectivity index (χ4n) is 3.02. The molecule has 0 radical (unpaired) electrons. The highest BCUT2D eigenvalue weighted by Crippen LogP contribution is 2.21. The van der Waals surface area contributed by atoms with E-state index in [9.17, 15) is 0 Å². The molecule has 2 aromatic carbocycles. The molecule has 5 aromatic rings. The van der Waals surface area contributed by atoms with Crippen LogP contribution in [0.15, 0.2) is 67.1 Å². The van der Waals surface area contributed by atoms with Crippen molar-refractivity contribution in [1.82, 2.24) is 23.9 Å². The summed E-state index contributed by atoms with van der Waals surface area (Å²) in [6.07, 6.45) is 3.72. The first kappa shape index (κ1) is 12.3. The SMILES string of the molecule is c1ccc(Cn2cnc3c2cnc2nc4ccccc4n23)cc1. The van der Waals surface area contributed by atoms with Crippen LogP contribution in [0.3, 0.4) is 0 Å². The van der Waals surface area contributed by atoms with Crippen LogP contribution in [0.1, 0.15) is 5.56 Å². The molecule has 0 aliphatic heterocycles. The summed E-state index contributed by atoms with van der Waals surface area (Å²) < 4.78 is 4.14. The summed E-state index contributed by atoms with van der Waals surface area (Å²) >= 11 is 0. The third-order valence-corrected chi connectivity index (χ3v) is 4.11. The first-order valence-corrected chi connectivity index (χ1v) is 7.51. The van der Waals surface area contributed by atoms with Gasteiger partial charge in [-0.3, -0.25) is 4.40 Å². The monoisotopic (exact) mass is 299 g/mol. The number of nitrogens with zero attached hydrogens (tertiary/aromatic N) is 5. The molecule has 5 rings (SSSR count). The second-order valence-electron chi connectivity index (χ2n) is 5.56. The van der Waals surface area contributed by atoms with Gasteiger partial charge in [0.05, 0.1) is 23.6 Å². The highest BCUT2D eigenvalue weighted by Gasteiger charge is 2.12. The molecule has 0 spiro atoms. The van der Waals surface area contributed by atoms with Gasteiger partial charge in [-0.2, -0.15) is 0 Å². The Kier molecular flexibility index (Phi) is 2.49. The second-order valence-corrected chi connectivity index (χ2v) is 5.56. The summed E-state index contributed by atoms with van der Waals surface area (Å²) in [5.41, 5.74) is 5.10. The average Bonchev–Trinajstić information content (AvgIpc) is 3.16. The predicted molar refractivity (Wildman–Crippen MR) is 89.3 cm³/mol. The predicted octanol–water partition coefficient (Wildman–Crippen LogP) is 3.28. The zero-order valence-electron chi connectivity index (χ0n) is 12.3. The Morgan fingerprint density at radius 2 is 1.65 bits per heavy atom. The van der Waals surface area contributed by atoms with Crippen LogP contribution in [0.25, 0.3) is 28.0 Å². The Bertz CT molecular complexity index is 1140. The van der Waals surface area contributed by atoms with E-state index in [4.69, 9.17) is 0 Å². The van der Waals surface area contributed by atoms with E-state index in [-0.39, 0.29) is 0 Å². The lowest BCUT2D eigenvalue weighted by Crippen LogP contribution is -1.99. The van der Waals surface area contributed by atoms with Crippen molar-refractivity contribution < 1.29 is 0 Å². The summed E-state index contributed by atoms with van der Waals surface area (Å²) in [6, 6.07) is 18.4. The van der Waals surface area contributed by atoms with E-state index in [0.717, 1.165) is 28.7 Å². The van der Waals surface area contributed by atoms with Crippen molar-refractivity contribution in [1.29, 1.82) is 0 Å². The summed E-state index contributed by atoms with van der Waals surface area (Å²) in [5.74, 6) is 0.684. The standard InChI is InChI=1S/C18H13N5/c1-2-6-13(7-3-1)11-22-12-20-17-16(22)10-19-18-21-14-8-4-5-9-15(14)23(17)18/h1-10,12H,11H2. The van der Waals surface area contributed by atoms with Crippen LogP contribution in [0.4, 0.5) is 0 Å². The van der Waals surface area contributed by atoms with Crippen LogP contribution < -0.4 is 0 Å². The van der Waals surface area contributed by atoms with Gasteiger partial charge in [0.1, 0.15) is 5.52 Å². The third-order valence-electron chi connectivity index (χ3n) is 4.11. The third kappa shape index (κ3) is 1.83. The Morgan fingerprint density at radius 1 is 0.826 bits per heavy atom. The van der Waals surface area contributed by atoms with Gasteiger partial charge in [-0.1, -0.05) is 42.5 Å². The van der Waals surface area contributed by atoms with Gasteiger partial charge in [-0.15, -0.1) is 0 Å². The van der Waals surface area contributed by atoms with Crippen molar-refractivity contribution in [3.05, 3.63) is 72.7 Å². The van der Waals surface area contributed by atoms with E-state index >= 15 is 0 Å². The molecule has 0 N–H and O–H groups in total. The Hall–Kier alpha value is -3.21. The van der Waals surface area contributed by atoms with Gasteiger partial charge in [0.25, 0.3) is 0 Å². The number of hydrogen-bond donors (Lipinski definition) is 0. The molecular weight excluding hydrogens is 286 g/mol. The highest BCUT2D eigenvalue weighted by atomic mass is 15.2. The lowest BCUT2D eigenvalue weighted by atomic mass is 10.2. The topological polar surface area (TPSA) is 48.0 Å². The molecule has 0 aliphatic carbocycles. The number of aromatic nitrogens is 5. The maximum atomic E-state index is 4.61. The number of rotatable bonds is 2. The molecule has 0 amide bonds. The van der Waals surface area contributed by atoms with E-state index in [0.29, 0.717) is 5.78 Å². The molecule has 0 saturated carbocycles. The minimum atomic E-state index is 0.684. The van der Waals surface area contributed by atoms with Crippen molar-refractivity contribution in [2.24, 2.45) is 0 Å². The molecule has 5 nitrogen and oxygen atoms in total. The van der Waals surface area contributed by atoms with Gasteiger partial charge in [0.15, 0.2) is 5.65 Å². The molecule has 3 aromatic heterocycles. The molecule has 0 fully saturated rings. The van der Waals surface area contributed by atoms with E-state index in [1.54, 1.807) is 0 Å². The molecule has 0 atom stereocenters. The highest BCUT2D eigenvalue weighted by molar-refractivity contribution is 5.85. The van der Waals surface area contributed by atoms with Crippen LogP contribution in [0.2, 0.25) is 0 Å². The lowest BCUT2D eigenvalue weighted by Gasteiger charge is -2.04. The van der Waals surface area contributed by atoms with Gasteiger partial charge in [0, 0.05) is 6.54 Å². The minimum Gasteiger partial charge on any atom is -0.323 e. The normalized spacial score (nSPS) is 11.7. The second kappa shape index (κ2) is 4.64. The molecule has 0 aliphatic rings. The van der Waals surface area contributed by atoms with E-state index in [1.165, 1.54) is 5.56 Å². The number of imidazole rings is 2. The number of para-hydroxylation sites is 2. The van der Waals surface area contributed by atoms with Gasteiger partial charge >= 0.3 is 0 Å². The molecule has 3 heterocycles. The fraction of sp³-hybridized carbons (Fsp3) is 0.0556. The molecule has 110 valence electrons. The van der Waals surface area contributed by atoms with Gasteiger partial charge in [0.2, 0.25) is 5.78 Å². The van der Waals surface area contributed by atoms with Crippen molar-refractivity contribution >= 4 is 28.0 Å². The summed E-state index contributed by atoms with van der Waals surface area (Å²) in [7, 11) is 0. The van der Waals surface area contributed by atoms with Gasteiger partial charge in [-0.25, -0.2) is 15.0 Å². The molecule has 0 saturated heterocycles. The molecule has 0 bridgehead atoms. The quantitative estimate of drug-likeness (QED) is 0.502. The lowest BCUT2D eigenvalue weighted by molar-refractivity contribution is 0.823. The summed E-state index contributed by atoms with van der Waals surface area (Å²) in [5, 5.41) is 0. The number of benzene rings is 2. The maximum Gasteiger partial charge on any atom is 0.236 e. The minimum absolute atomic E-state index is 0.684. The van der Waals surface area contributed by atoms with Crippen molar-refractivity contribution in [2.45, 2.75) is 6.54 Å². The van der Waals surface area contributed by atoms with Crippen molar-refractivity contribution in [2.75, 3.05) is 0 Å². The largest absolute Gasteiger partial charge is 0.323 e. The average molecular weight is 299 g/mol. The number of fused-ring (bicyclic) bond motifs is 5. The first-order chi connectivity index (χ1) is 11.4. The molecule has 5 heteroatoms. The number of hydrogen-bond acceptors (Lipinski definition) is 3. The maximum absolute atomic E-state index is 4.61. The van der Waals surface area contributed by atoms with Crippen molar-refractivity contribution in [3.8, 4) is 0 Å². The molecule has 0 unspecified atom stereocenters. The van der Waals surface area contributed by atoms with E-state index in [1.807, 2.05) is 59.4 Å². The van der Waals surface area contributed by atoms with Crippen LogP contribution in [-0.4, -0.2) is 23.9 Å². The van der Waals surface area contributed by atoms with E-state index < -0.39 is 0 Å². The van der Waals surface area contributed by atoms with Gasteiger partial charge in [-0.05, 0) is 17.7 Å². The zero-order chi connectivity index (χ0) is 15.2. The summed E-state index contributed by atoms with van der Waals surface area (Å²) in [6.45, 7) is 0.775. The van der Waals surface area contributed by atoms with Crippen LogP contribution in [0, 0.1) is 0 Å². The van der Waals surface area contributed by atoms with Crippen LogP contribution >= 0.6 is 0 Å². The van der Waals surface area contributed by atoms with Crippen LogP contribution in [0.5, 0.6) is 0 Å². The first-order valence-electron chi connectivity index (χ1n) is 7.51. The van der Waals surface area contributed by atoms with Crippen molar-refractivity contribution in [3.63, 3.8) is 0 Å². The van der Waals surface area contributed by atoms with E-state index in [2.05, 4.69) is 31.7 Å². The van der Waals surface area contributed by atoms with Crippen LogP contribution in [-0.2, 0) is 6.54 Å². The molecule has 23 heavy (non-hydrogen) atoms. The molecular formula is C18H13N5.